The Bertz CT molecular complexity index is 570. The number of aryl methyl sites for hydroxylation is 1. The molecule has 0 saturated heterocycles. The van der Waals surface area contributed by atoms with Crippen LogP contribution >= 0.6 is 11.6 Å². The number of halogens is 1. The van der Waals surface area contributed by atoms with Gasteiger partial charge >= 0.3 is 0 Å². The molecule has 0 unspecified atom stereocenters. The summed E-state index contributed by atoms with van der Waals surface area (Å²) < 4.78 is 0. The highest BCUT2D eigenvalue weighted by Gasteiger charge is 2.06. The summed E-state index contributed by atoms with van der Waals surface area (Å²) in [5.74, 6) is 0. The Morgan fingerprint density at radius 1 is 1.45 bits per heavy atom. The molecule has 106 valence electrons. The fourth-order valence-corrected chi connectivity index (χ4v) is 2.32. The fourth-order valence-electron chi connectivity index (χ4n) is 2.14. The van der Waals surface area contributed by atoms with Gasteiger partial charge < -0.3 is 10.7 Å². The normalized spacial score (nSPS) is 14.6. The van der Waals surface area contributed by atoms with E-state index in [1.165, 1.54) is 18.4 Å². The van der Waals surface area contributed by atoms with E-state index in [0.717, 1.165) is 34.8 Å². The third kappa shape index (κ3) is 4.24. The lowest BCUT2D eigenvalue weighted by molar-refractivity contribution is 0.795. The average molecular weight is 289 g/mol. The number of allylic oxidation sites excluding steroid dienone is 4. The number of nitrogens with one attached hydrogen (secondary N) is 2. The quantitative estimate of drug-likeness (QED) is 0.527. The van der Waals surface area contributed by atoms with Crippen molar-refractivity contribution in [2.75, 3.05) is 5.32 Å². The van der Waals surface area contributed by atoms with E-state index < -0.39 is 0 Å². The summed E-state index contributed by atoms with van der Waals surface area (Å²) >= 11 is 6.10. The first kappa shape index (κ1) is 14.9. The highest BCUT2D eigenvalue weighted by molar-refractivity contribution is 6.31. The third-order valence-electron chi connectivity index (χ3n) is 3.52. The van der Waals surface area contributed by atoms with E-state index in [4.69, 9.17) is 17.0 Å². The van der Waals surface area contributed by atoms with E-state index in [9.17, 15) is 0 Å². The maximum Gasteiger partial charge on any atom is 0.0455 e. The standard InChI is InChI=1S/C17H21ClN2/c1-12-6-9-16(11-17(12)18)20-13(2)10-15(19)8-7-14-4-3-5-14/h4,6,9-11,19-20H,3,5,7-8H2,1-2H3/b13-10-,19-15?. The lowest BCUT2D eigenvalue weighted by atomic mass is 9.93. The van der Waals surface area contributed by atoms with E-state index >= 15 is 0 Å². The molecule has 1 aromatic rings. The molecule has 1 aliphatic rings. The van der Waals surface area contributed by atoms with Gasteiger partial charge in [-0.15, -0.1) is 0 Å². The molecule has 3 heteroatoms. The van der Waals surface area contributed by atoms with Gasteiger partial charge in [0.05, 0.1) is 0 Å². The second-order valence-electron chi connectivity index (χ2n) is 5.34. The summed E-state index contributed by atoms with van der Waals surface area (Å²) in [6, 6.07) is 5.91. The van der Waals surface area contributed by atoms with Gasteiger partial charge in [0.25, 0.3) is 0 Å². The SMILES string of the molecule is C/C(=C/C(=N)CCC1=CCC1)Nc1ccc(C)c(Cl)c1. The lowest BCUT2D eigenvalue weighted by Gasteiger charge is -2.13. The van der Waals surface area contributed by atoms with Gasteiger partial charge in [0, 0.05) is 22.1 Å². The molecule has 0 spiro atoms. The van der Waals surface area contributed by atoms with Crippen LogP contribution in [0.5, 0.6) is 0 Å². The molecule has 0 radical (unpaired) electrons. The molecule has 0 bridgehead atoms. The first-order valence-corrected chi connectivity index (χ1v) is 7.39. The molecule has 0 atom stereocenters. The molecule has 0 aliphatic heterocycles. The Kier molecular flexibility index (Phi) is 5.02. The van der Waals surface area contributed by atoms with Crippen LogP contribution in [0.3, 0.4) is 0 Å². The third-order valence-corrected chi connectivity index (χ3v) is 3.93. The molecular formula is C17H21ClN2. The van der Waals surface area contributed by atoms with Gasteiger partial charge in [-0.25, -0.2) is 0 Å². The van der Waals surface area contributed by atoms with Crippen LogP contribution in [0.25, 0.3) is 0 Å². The summed E-state index contributed by atoms with van der Waals surface area (Å²) in [5.41, 5.74) is 5.17. The lowest BCUT2D eigenvalue weighted by Crippen LogP contribution is -2.02. The summed E-state index contributed by atoms with van der Waals surface area (Å²) in [6.07, 6.45) is 8.45. The molecule has 0 saturated carbocycles. The van der Waals surface area contributed by atoms with Crippen LogP contribution in [0.1, 0.15) is 38.2 Å². The van der Waals surface area contributed by atoms with Gasteiger partial charge in [0.2, 0.25) is 0 Å². The van der Waals surface area contributed by atoms with Crippen LogP contribution in [0.2, 0.25) is 5.02 Å². The maximum absolute atomic E-state index is 7.98. The zero-order valence-electron chi connectivity index (χ0n) is 12.1. The van der Waals surface area contributed by atoms with Crippen molar-refractivity contribution >= 4 is 23.0 Å². The molecule has 0 amide bonds. The van der Waals surface area contributed by atoms with Crippen molar-refractivity contribution in [2.45, 2.75) is 39.5 Å². The van der Waals surface area contributed by atoms with Crippen LogP contribution in [-0.4, -0.2) is 5.71 Å². The van der Waals surface area contributed by atoms with Crippen LogP contribution in [0.4, 0.5) is 5.69 Å². The Morgan fingerprint density at radius 3 is 2.80 bits per heavy atom. The van der Waals surface area contributed by atoms with Crippen molar-refractivity contribution in [2.24, 2.45) is 0 Å². The number of hydrogen-bond acceptors (Lipinski definition) is 2. The average Bonchev–Trinajstić information content (AvgIpc) is 2.31. The summed E-state index contributed by atoms with van der Waals surface area (Å²) in [7, 11) is 0. The van der Waals surface area contributed by atoms with Crippen LogP contribution in [-0.2, 0) is 0 Å². The minimum Gasteiger partial charge on any atom is -0.359 e. The zero-order valence-corrected chi connectivity index (χ0v) is 12.8. The second kappa shape index (κ2) is 6.76. The highest BCUT2D eigenvalue weighted by atomic mass is 35.5. The molecule has 0 heterocycles. The van der Waals surface area contributed by atoms with Gasteiger partial charge in [0.15, 0.2) is 0 Å². The van der Waals surface area contributed by atoms with Gasteiger partial charge in [0.1, 0.15) is 0 Å². The first-order valence-electron chi connectivity index (χ1n) is 7.01. The Hall–Kier alpha value is -1.54. The summed E-state index contributed by atoms with van der Waals surface area (Å²) in [4.78, 5) is 0. The summed E-state index contributed by atoms with van der Waals surface area (Å²) in [6.45, 7) is 3.96. The minimum atomic E-state index is 0.668. The van der Waals surface area contributed by atoms with Crippen molar-refractivity contribution in [1.29, 1.82) is 5.41 Å². The van der Waals surface area contributed by atoms with E-state index in [2.05, 4.69) is 11.4 Å². The monoisotopic (exact) mass is 288 g/mol. The molecule has 1 aromatic carbocycles. The van der Waals surface area contributed by atoms with Gasteiger partial charge in [-0.3, -0.25) is 0 Å². The smallest absolute Gasteiger partial charge is 0.0455 e. The molecule has 0 aromatic heterocycles. The second-order valence-corrected chi connectivity index (χ2v) is 5.75. The molecule has 2 N–H and O–H groups in total. The van der Waals surface area contributed by atoms with Crippen molar-refractivity contribution in [3.63, 3.8) is 0 Å². The van der Waals surface area contributed by atoms with Crippen molar-refractivity contribution < 1.29 is 0 Å². The minimum absolute atomic E-state index is 0.668. The molecule has 0 fully saturated rings. The van der Waals surface area contributed by atoms with Crippen molar-refractivity contribution in [3.05, 3.63) is 52.2 Å². The topological polar surface area (TPSA) is 35.9 Å². The Morgan fingerprint density at radius 2 is 2.20 bits per heavy atom. The zero-order chi connectivity index (χ0) is 14.5. The number of rotatable bonds is 6. The molecular weight excluding hydrogens is 268 g/mol. The van der Waals surface area contributed by atoms with E-state index in [0.29, 0.717) is 5.71 Å². The largest absolute Gasteiger partial charge is 0.359 e. The van der Waals surface area contributed by atoms with Crippen molar-refractivity contribution in [1.82, 2.24) is 0 Å². The van der Waals surface area contributed by atoms with Crippen LogP contribution in [0.15, 0.2) is 41.6 Å². The van der Waals surface area contributed by atoms with Crippen LogP contribution < -0.4 is 5.32 Å². The number of hydrogen-bond donors (Lipinski definition) is 2. The van der Waals surface area contributed by atoms with Gasteiger partial charge in [-0.2, -0.15) is 0 Å². The van der Waals surface area contributed by atoms with Gasteiger partial charge in [-0.1, -0.05) is 29.3 Å². The van der Waals surface area contributed by atoms with Crippen LogP contribution in [0, 0.1) is 12.3 Å². The highest BCUT2D eigenvalue weighted by Crippen LogP contribution is 2.23. The van der Waals surface area contributed by atoms with E-state index in [1.54, 1.807) is 0 Å². The first-order chi connectivity index (χ1) is 9.54. The maximum atomic E-state index is 7.98. The predicted octanol–water partition coefficient (Wildman–Crippen LogP) is 5.48. The molecule has 20 heavy (non-hydrogen) atoms. The molecule has 1 aliphatic carbocycles. The fraction of sp³-hybridized carbons (Fsp3) is 0.353. The van der Waals surface area contributed by atoms with E-state index in [1.807, 2.05) is 38.1 Å². The summed E-state index contributed by atoms with van der Waals surface area (Å²) in [5, 5.41) is 12.0. The molecule has 2 rings (SSSR count). The predicted molar refractivity (Wildman–Crippen MR) is 87.8 cm³/mol. The number of anilines is 1. The molecule has 2 nitrogen and oxygen atoms in total. The Labute approximate surface area is 126 Å². The van der Waals surface area contributed by atoms with Crippen molar-refractivity contribution in [3.8, 4) is 0 Å². The van der Waals surface area contributed by atoms with E-state index in [-0.39, 0.29) is 0 Å². The number of benzene rings is 1. The Balaban J connectivity index is 1.88. The van der Waals surface area contributed by atoms with Gasteiger partial charge in [-0.05, 0) is 63.3 Å².